The number of non-ortho nitro benzene ring substituents is 1. The van der Waals surface area contributed by atoms with Gasteiger partial charge in [-0.05, 0) is 18.2 Å². The number of nitrogens with one attached hydrogen (secondary N) is 1. The van der Waals surface area contributed by atoms with Crippen LogP contribution in [0.4, 0.5) is 5.69 Å². The Morgan fingerprint density at radius 3 is 2.40 bits per heavy atom. The highest BCUT2D eigenvalue weighted by molar-refractivity contribution is 7.89. The SMILES string of the molecule is COc1ccc(CNS(=O)(=O)c2cc([N+](=O)[O-])ccc2OCc2ccccc2C(=O)O)c(OC)c1. The molecule has 0 radical (unpaired) electrons. The van der Waals surface area contributed by atoms with Gasteiger partial charge < -0.3 is 19.3 Å². The molecule has 0 saturated carbocycles. The van der Waals surface area contributed by atoms with Crippen LogP contribution in [0.3, 0.4) is 0 Å². The van der Waals surface area contributed by atoms with E-state index in [1.165, 1.54) is 26.4 Å². The number of rotatable bonds is 11. The molecule has 0 unspecified atom stereocenters. The number of benzene rings is 3. The van der Waals surface area contributed by atoms with Crippen LogP contribution in [0, 0.1) is 10.1 Å². The van der Waals surface area contributed by atoms with Crippen LogP contribution in [-0.2, 0) is 23.2 Å². The normalized spacial score (nSPS) is 11.0. The third-order valence-electron chi connectivity index (χ3n) is 5.01. The lowest BCUT2D eigenvalue weighted by atomic mass is 10.1. The van der Waals surface area contributed by atoms with E-state index in [0.29, 0.717) is 22.6 Å². The van der Waals surface area contributed by atoms with Gasteiger partial charge in [0.15, 0.2) is 0 Å². The molecule has 0 aliphatic rings. The Balaban J connectivity index is 1.91. The number of carboxylic acid groups (broad SMARTS) is 1. The van der Waals surface area contributed by atoms with Gasteiger partial charge in [-0.1, -0.05) is 24.3 Å². The van der Waals surface area contributed by atoms with E-state index in [9.17, 15) is 28.4 Å². The summed E-state index contributed by atoms with van der Waals surface area (Å²) in [5.41, 5.74) is 0.340. The van der Waals surface area contributed by atoms with Crippen molar-refractivity contribution in [2.45, 2.75) is 18.0 Å². The molecule has 3 aromatic rings. The topological polar surface area (TPSA) is 154 Å². The summed E-state index contributed by atoms with van der Waals surface area (Å²) in [5, 5.41) is 20.6. The third-order valence-corrected chi connectivity index (χ3v) is 6.43. The van der Waals surface area contributed by atoms with Crippen LogP contribution in [0.1, 0.15) is 21.5 Å². The van der Waals surface area contributed by atoms with Crippen LogP contribution in [-0.4, -0.2) is 38.6 Å². The second-order valence-corrected chi connectivity index (χ2v) is 8.88. The quantitative estimate of drug-likeness (QED) is 0.297. The highest BCUT2D eigenvalue weighted by Gasteiger charge is 2.24. The van der Waals surface area contributed by atoms with Crippen molar-refractivity contribution in [2.75, 3.05) is 14.2 Å². The van der Waals surface area contributed by atoms with Crippen LogP contribution in [0.2, 0.25) is 0 Å². The van der Waals surface area contributed by atoms with E-state index in [2.05, 4.69) is 4.72 Å². The molecule has 0 aliphatic carbocycles. The minimum absolute atomic E-state index is 0.0106. The van der Waals surface area contributed by atoms with Gasteiger partial charge in [-0.3, -0.25) is 10.1 Å². The number of nitrogens with zero attached hydrogens (tertiary/aromatic N) is 1. The maximum absolute atomic E-state index is 13.1. The molecule has 2 N–H and O–H groups in total. The van der Waals surface area contributed by atoms with E-state index < -0.39 is 31.5 Å². The molecular weight excluding hydrogens is 480 g/mol. The fourth-order valence-corrected chi connectivity index (χ4v) is 4.37. The van der Waals surface area contributed by atoms with Gasteiger partial charge in [0, 0.05) is 35.9 Å². The number of methoxy groups -OCH3 is 2. The minimum atomic E-state index is -4.30. The van der Waals surface area contributed by atoms with Gasteiger partial charge in [-0.2, -0.15) is 0 Å². The van der Waals surface area contributed by atoms with Crippen LogP contribution >= 0.6 is 0 Å². The lowest BCUT2D eigenvalue weighted by Crippen LogP contribution is -2.24. The molecular formula is C23H22N2O9S. The number of nitro groups is 1. The Labute approximate surface area is 201 Å². The fourth-order valence-electron chi connectivity index (χ4n) is 3.20. The van der Waals surface area contributed by atoms with Crippen LogP contribution in [0.15, 0.2) is 65.6 Å². The number of hydrogen-bond acceptors (Lipinski definition) is 8. The number of aromatic carboxylic acids is 1. The predicted octanol–water partition coefficient (Wildman–Crippen LogP) is 3.37. The molecule has 12 heteroatoms. The number of ether oxygens (including phenoxy) is 3. The van der Waals surface area contributed by atoms with E-state index >= 15 is 0 Å². The monoisotopic (exact) mass is 502 g/mol. The summed E-state index contributed by atoms with van der Waals surface area (Å²) in [6.07, 6.45) is 0. The fraction of sp³-hybridized carbons (Fsp3) is 0.174. The molecule has 0 amide bonds. The van der Waals surface area contributed by atoms with Crippen molar-refractivity contribution in [1.29, 1.82) is 0 Å². The van der Waals surface area contributed by atoms with E-state index in [-0.39, 0.29) is 24.5 Å². The smallest absolute Gasteiger partial charge is 0.336 e. The maximum Gasteiger partial charge on any atom is 0.336 e. The maximum atomic E-state index is 13.1. The first-order chi connectivity index (χ1) is 16.7. The summed E-state index contributed by atoms with van der Waals surface area (Å²) in [6, 6.07) is 14.1. The summed E-state index contributed by atoms with van der Waals surface area (Å²) >= 11 is 0. The van der Waals surface area contributed by atoms with Crippen LogP contribution in [0.5, 0.6) is 17.2 Å². The second-order valence-electron chi connectivity index (χ2n) is 7.14. The first-order valence-electron chi connectivity index (χ1n) is 10.1. The number of nitro benzene ring substituents is 1. The molecule has 0 atom stereocenters. The molecule has 0 aliphatic heterocycles. The Morgan fingerprint density at radius 2 is 1.74 bits per heavy atom. The molecule has 3 aromatic carbocycles. The standard InChI is InChI=1S/C23H22N2O9S/c1-32-18-9-7-15(21(12-18)33-2)13-24-35(30,31)22-11-17(25(28)29)8-10-20(22)34-14-16-5-3-4-6-19(16)23(26)27/h3-12,24H,13-14H2,1-2H3,(H,26,27). The minimum Gasteiger partial charge on any atom is -0.497 e. The number of carbonyl (C=O) groups is 1. The molecule has 3 rings (SSSR count). The Morgan fingerprint density at radius 1 is 1.00 bits per heavy atom. The average Bonchev–Trinajstić information content (AvgIpc) is 2.86. The van der Waals surface area contributed by atoms with Gasteiger partial charge in [-0.15, -0.1) is 0 Å². The number of carboxylic acids is 1. The summed E-state index contributed by atoms with van der Waals surface area (Å²) in [6.45, 7) is -0.450. The van der Waals surface area contributed by atoms with E-state index in [4.69, 9.17) is 14.2 Å². The van der Waals surface area contributed by atoms with Crippen LogP contribution < -0.4 is 18.9 Å². The Bertz CT molecular complexity index is 1360. The molecule has 0 aromatic heterocycles. The summed E-state index contributed by atoms with van der Waals surface area (Å²) < 4.78 is 44.7. The van der Waals surface area contributed by atoms with Crippen molar-refractivity contribution in [1.82, 2.24) is 4.72 Å². The highest BCUT2D eigenvalue weighted by atomic mass is 32.2. The summed E-state index contributed by atoms with van der Waals surface area (Å²) in [4.78, 5) is 21.5. The molecule has 0 bridgehead atoms. The predicted molar refractivity (Wildman–Crippen MR) is 124 cm³/mol. The van der Waals surface area contributed by atoms with Crippen molar-refractivity contribution in [2.24, 2.45) is 0 Å². The van der Waals surface area contributed by atoms with E-state index in [1.807, 2.05) is 0 Å². The van der Waals surface area contributed by atoms with Crippen molar-refractivity contribution < 1.29 is 37.5 Å². The van der Waals surface area contributed by atoms with Gasteiger partial charge in [0.05, 0.1) is 24.7 Å². The second kappa shape index (κ2) is 10.8. The molecule has 184 valence electrons. The zero-order valence-electron chi connectivity index (χ0n) is 18.8. The van der Waals surface area contributed by atoms with Crippen molar-refractivity contribution >= 4 is 21.7 Å². The molecule has 11 nitrogen and oxygen atoms in total. The van der Waals surface area contributed by atoms with Gasteiger partial charge in [0.2, 0.25) is 10.0 Å². The van der Waals surface area contributed by atoms with E-state index in [1.54, 1.807) is 30.3 Å². The summed E-state index contributed by atoms with van der Waals surface area (Å²) in [5.74, 6) is -0.446. The van der Waals surface area contributed by atoms with Gasteiger partial charge >= 0.3 is 5.97 Å². The largest absolute Gasteiger partial charge is 0.497 e. The zero-order chi connectivity index (χ0) is 25.6. The van der Waals surface area contributed by atoms with E-state index in [0.717, 1.165) is 18.2 Å². The molecule has 0 spiro atoms. The van der Waals surface area contributed by atoms with Crippen molar-refractivity contribution in [3.63, 3.8) is 0 Å². The lowest BCUT2D eigenvalue weighted by molar-refractivity contribution is -0.385. The molecule has 35 heavy (non-hydrogen) atoms. The third kappa shape index (κ3) is 6.05. The lowest BCUT2D eigenvalue weighted by Gasteiger charge is -2.15. The molecule has 0 heterocycles. The number of sulfonamides is 1. The number of hydrogen-bond donors (Lipinski definition) is 2. The Hall–Kier alpha value is -4.16. The van der Waals surface area contributed by atoms with Crippen molar-refractivity contribution in [3.05, 3.63) is 87.5 Å². The molecule has 0 fully saturated rings. The molecule has 0 saturated heterocycles. The van der Waals surface area contributed by atoms with Gasteiger partial charge in [-0.25, -0.2) is 17.9 Å². The Kier molecular flexibility index (Phi) is 7.89. The zero-order valence-corrected chi connectivity index (χ0v) is 19.6. The average molecular weight is 503 g/mol. The highest BCUT2D eigenvalue weighted by Crippen LogP contribution is 2.30. The summed E-state index contributed by atoms with van der Waals surface area (Å²) in [7, 11) is -1.39. The van der Waals surface area contributed by atoms with Gasteiger partial charge in [0.1, 0.15) is 28.8 Å². The van der Waals surface area contributed by atoms with Crippen LogP contribution in [0.25, 0.3) is 0 Å². The van der Waals surface area contributed by atoms with Gasteiger partial charge in [0.25, 0.3) is 5.69 Å². The first-order valence-corrected chi connectivity index (χ1v) is 11.6. The van der Waals surface area contributed by atoms with Crippen molar-refractivity contribution in [3.8, 4) is 17.2 Å². The first kappa shape index (κ1) is 25.5.